The molecule has 0 fully saturated rings. The van der Waals surface area contributed by atoms with E-state index < -0.39 is 0 Å². The molecule has 24 heavy (non-hydrogen) atoms. The molecule has 0 bridgehead atoms. The lowest BCUT2D eigenvalue weighted by molar-refractivity contribution is 0.697. The van der Waals surface area contributed by atoms with Gasteiger partial charge < -0.3 is 4.98 Å². The minimum atomic E-state index is 0.431. The molecule has 5 rings (SSSR count). The Morgan fingerprint density at radius 3 is 2.83 bits per heavy atom. The largest absolute Gasteiger partial charge is 0.338 e. The number of nitrogens with one attached hydrogen (secondary N) is 1. The second-order valence-electron chi connectivity index (χ2n) is 6.24. The van der Waals surface area contributed by atoms with Crippen molar-refractivity contribution in [2.75, 3.05) is 0 Å². The Bertz CT molecular complexity index is 1110. The molecule has 4 aromatic rings. The topological polar surface area (TPSA) is 65.4 Å². The summed E-state index contributed by atoms with van der Waals surface area (Å²) < 4.78 is 0. The van der Waals surface area contributed by atoms with Crippen LogP contribution in [0, 0.1) is 11.3 Å². The molecule has 116 valence electrons. The van der Waals surface area contributed by atoms with E-state index in [1.54, 1.807) is 6.20 Å². The van der Waals surface area contributed by atoms with E-state index >= 15 is 0 Å². The van der Waals surface area contributed by atoms with Crippen molar-refractivity contribution in [2.24, 2.45) is 0 Å². The predicted octanol–water partition coefficient (Wildman–Crippen LogP) is 4.59. The van der Waals surface area contributed by atoms with Crippen molar-refractivity contribution in [3.8, 4) is 16.5 Å². The van der Waals surface area contributed by atoms with Gasteiger partial charge in [-0.25, -0.2) is 9.97 Å². The molecule has 5 heteroatoms. The fourth-order valence-electron chi connectivity index (χ4n) is 3.50. The summed E-state index contributed by atoms with van der Waals surface area (Å²) in [4.78, 5) is 14.8. The average Bonchev–Trinajstić information content (AvgIpc) is 3.21. The van der Waals surface area contributed by atoms with Crippen LogP contribution in [0.25, 0.3) is 32.4 Å². The summed E-state index contributed by atoms with van der Waals surface area (Å²) in [5.74, 6) is 0. The molecule has 4 aromatic heterocycles. The number of fused-ring (bicyclic) bond motifs is 4. The second kappa shape index (κ2) is 5.15. The van der Waals surface area contributed by atoms with E-state index in [1.165, 1.54) is 41.0 Å². The maximum atomic E-state index is 9.10. The fraction of sp³-hybridized carbons (Fsp3) is 0.211. The van der Waals surface area contributed by atoms with E-state index in [-0.39, 0.29) is 0 Å². The van der Waals surface area contributed by atoms with Crippen LogP contribution >= 0.6 is 11.3 Å². The van der Waals surface area contributed by atoms with E-state index in [0.717, 1.165) is 27.5 Å². The SMILES string of the molecule is N#Cc1cc2c(cn1)[nH]c1ncc(-c3cc4c(s3)CCCC4)cc12. The number of hydrogen-bond acceptors (Lipinski definition) is 4. The first kappa shape index (κ1) is 13.7. The lowest BCUT2D eigenvalue weighted by Crippen LogP contribution is -1.96. The highest BCUT2D eigenvalue weighted by molar-refractivity contribution is 7.15. The van der Waals surface area contributed by atoms with Gasteiger partial charge in [-0.05, 0) is 49.4 Å². The first-order valence-corrected chi connectivity index (χ1v) is 8.93. The van der Waals surface area contributed by atoms with Gasteiger partial charge in [-0.3, -0.25) is 0 Å². The number of nitrogens with zero attached hydrogens (tertiary/aromatic N) is 3. The third-order valence-electron chi connectivity index (χ3n) is 4.73. The van der Waals surface area contributed by atoms with Gasteiger partial charge in [0, 0.05) is 32.3 Å². The number of rotatable bonds is 1. The van der Waals surface area contributed by atoms with Crippen molar-refractivity contribution in [1.82, 2.24) is 15.0 Å². The second-order valence-corrected chi connectivity index (χ2v) is 7.38. The maximum absolute atomic E-state index is 9.10. The number of hydrogen-bond donors (Lipinski definition) is 1. The summed E-state index contributed by atoms with van der Waals surface area (Å²) in [6, 6.07) is 8.45. The van der Waals surface area contributed by atoms with Crippen LogP contribution in [0.2, 0.25) is 0 Å². The quantitative estimate of drug-likeness (QED) is 0.555. The molecule has 0 unspecified atom stereocenters. The van der Waals surface area contributed by atoms with Crippen LogP contribution in [0.1, 0.15) is 29.0 Å². The molecule has 0 atom stereocenters. The van der Waals surface area contributed by atoms with Crippen molar-refractivity contribution < 1.29 is 0 Å². The minimum absolute atomic E-state index is 0.431. The molecule has 0 amide bonds. The molecule has 0 saturated heterocycles. The molecule has 0 aromatic carbocycles. The zero-order valence-corrected chi connectivity index (χ0v) is 13.8. The van der Waals surface area contributed by atoms with Crippen LogP contribution in [-0.4, -0.2) is 15.0 Å². The van der Waals surface area contributed by atoms with Crippen LogP contribution in [-0.2, 0) is 12.8 Å². The summed E-state index contributed by atoms with van der Waals surface area (Å²) >= 11 is 1.90. The zero-order chi connectivity index (χ0) is 16.1. The number of aromatic amines is 1. The molecule has 1 aliphatic carbocycles. The van der Waals surface area contributed by atoms with Crippen molar-refractivity contribution >= 4 is 33.3 Å². The molecule has 0 radical (unpaired) electrons. The standard InChI is InChI=1S/C19H14N4S/c20-8-13-7-14-15-5-12(9-22-19(15)23-16(14)10-21-13)18-6-11-3-1-2-4-17(11)24-18/h5-7,9-10H,1-4H2,(H,22,23). The van der Waals surface area contributed by atoms with Gasteiger partial charge in [-0.1, -0.05) is 0 Å². The van der Waals surface area contributed by atoms with Crippen LogP contribution in [0.15, 0.2) is 30.6 Å². The monoisotopic (exact) mass is 330 g/mol. The fourth-order valence-corrected chi connectivity index (χ4v) is 4.74. The van der Waals surface area contributed by atoms with E-state index in [9.17, 15) is 0 Å². The molecule has 0 aliphatic heterocycles. The lowest BCUT2D eigenvalue weighted by Gasteiger charge is -2.08. The average molecular weight is 330 g/mol. The number of pyridine rings is 2. The molecular weight excluding hydrogens is 316 g/mol. The summed E-state index contributed by atoms with van der Waals surface area (Å²) in [5.41, 5.74) is 4.85. The molecule has 4 nitrogen and oxygen atoms in total. The number of thiophene rings is 1. The Balaban J connectivity index is 1.71. The Kier molecular flexibility index (Phi) is 2.94. The minimum Gasteiger partial charge on any atom is -0.338 e. The summed E-state index contributed by atoms with van der Waals surface area (Å²) in [6.45, 7) is 0. The molecular formula is C19H14N4S. The van der Waals surface area contributed by atoms with E-state index in [4.69, 9.17) is 5.26 Å². The van der Waals surface area contributed by atoms with Gasteiger partial charge in [-0.2, -0.15) is 5.26 Å². The zero-order valence-electron chi connectivity index (χ0n) is 13.0. The summed E-state index contributed by atoms with van der Waals surface area (Å²) in [5, 5.41) is 11.2. The van der Waals surface area contributed by atoms with Crippen molar-refractivity contribution in [3.05, 3.63) is 46.7 Å². The van der Waals surface area contributed by atoms with E-state index in [0.29, 0.717) is 5.69 Å². The normalized spacial score (nSPS) is 14.0. The van der Waals surface area contributed by atoms with Crippen molar-refractivity contribution in [3.63, 3.8) is 0 Å². The smallest absolute Gasteiger partial charge is 0.141 e. The van der Waals surface area contributed by atoms with Crippen LogP contribution in [0.4, 0.5) is 0 Å². The third-order valence-corrected chi connectivity index (χ3v) is 6.02. The highest BCUT2D eigenvalue weighted by atomic mass is 32.1. The number of H-pyrrole nitrogens is 1. The molecule has 1 N–H and O–H groups in total. The van der Waals surface area contributed by atoms with Crippen LogP contribution in [0.3, 0.4) is 0 Å². The highest BCUT2D eigenvalue weighted by Crippen LogP contribution is 2.37. The van der Waals surface area contributed by atoms with Gasteiger partial charge in [0.1, 0.15) is 17.4 Å². The molecule has 4 heterocycles. The Morgan fingerprint density at radius 1 is 1.04 bits per heavy atom. The highest BCUT2D eigenvalue weighted by Gasteiger charge is 2.15. The number of aromatic nitrogens is 3. The van der Waals surface area contributed by atoms with Crippen molar-refractivity contribution in [1.29, 1.82) is 5.26 Å². The van der Waals surface area contributed by atoms with Gasteiger partial charge in [0.15, 0.2) is 0 Å². The van der Waals surface area contributed by atoms with Gasteiger partial charge in [0.25, 0.3) is 0 Å². The third kappa shape index (κ3) is 2.04. The first-order valence-electron chi connectivity index (χ1n) is 8.11. The van der Waals surface area contributed by atoms with Crippen LogP contribution in [0.5, 0.6) is 0 Å². The lowest BCUT2D eigenvalue weighted by atomic mass is 9.99. The Labute approximate surface area is 142 Å². The number of nitriles is 1. The Morgan fingerprint density at radius 2 is 1.96 bits per heavy atom. The van der Waals surface area contributed by atoms with E-state index in [1.807, 2.05) is 23.6 Å². The van der Waals surface area contributed by atoms with Gasteiger partial charge >= 0.3 is 0 Å². The van der Waals surface area contributed by atoms with Gasteiger partial charge in [-0.15, -0.1) is 11.3 Å². The summed E-state index contributed by atoms with van der Waals surface area (Å²) in [7, 11) is 0. The first-order chi connectivity index (χ1) is 11.8. The Hall–Kier alpha value is -2.71. The van der Waals surface area contributed by atoms with E-state index in [2.05, 4.69) is 33.2 Å². The number of aryl methyl sites for hydroxylation is 2. The predicted molar refractivity (Wildman–Crippen MR) is 96.1 cm³/mol. The summed E-state index contributed by atoms with van der Waals surface area (Å²) in [6.07, 6.45) is 8.65. The maximum Gasteiger partial charge on any atom is 0.141 e. The molecule has 1 aliphatic rings. The molecule has 0 saturated carbocycles. The van der Waals surface area contributed by atoms with Gasteiger partial charge in [0.05, 0.1) is 11.7 Å². The van der Waals surface area contributed by atoms with Crippen LogP contribution < -0.4 is 0 Å². The molecule has 0 spiro atoms. The van der Waals surface area contributed by atoms with Crippen molar-refractivity contribution in [2.45, 2.75) is 25.7 Å². The van der Waals surface area contributed by atoms with Gasteiger partial charge in [0.2, 0.25) is 0 Å².